The van der Waals surface area contributed by atoms with Crippen molar-refractivity contribution in [3.63, 3.8) is 0 Å². The fraction of sp³-hybridized carbons (Fsp3) is 0.345. The van der Waals surface area contributed by atoms with Gasteiger partial charge in [-0.25, -0.2) is 0 Å². The van der Waals surface area contributed by atoms with Crippen molar-refractivity contribution in [3.05, 3.63) is 145 Å². The van der Waals surface area contributed by atoms with E-state index in [2.05, 4.69) is 133 Å². The summed E-state index contributed by atoms with van der Waals surface area (Å²) < 4.78 is 0. The summed E-state index contributed by atoms with van der Waals surface area (Å²) in [5, 5.41) is 4.05. The number of nitrogens with two attached hydrogens (primary N) is 2. The molecule has 7 aromatic rings. The van der Waals surface area contributed by atoms with Crippen LogP contribution in [0.1, 0.15) is 88.2 Å². The molecule has 0 atom stereocenters. The van der Waals surface area contributed by atoms with Gasteiger partial charge in [0.2, 0.25) is 0 Å². The molecule has 0 spiro atoms. The Labute approximate surface area is 355 Å². The minimum atomic E-state index is 0.381. The molecule has 2 heteroatoms. The first-order valence-electron chi connectivity index (χ1n) is 23.3. The van der Waals surface area contributed by atoms with E-state index in [-0.39, 0.29) is 0 Å². The topological polar surface area (TPSA) is 52.0 Å². The zero-order chi connectivity index (χ0) is 39.7. The Morgan fingerprint density at radius 3 is 1.23 bits per heavy atom. The summed E-state index contributed by atoms with van der Waals surface area (Å²) in [6, 6.07) is 50.7. The van der Waals surface area contributed by atoms with Gasteiger partial charge in [-0.1, -0.05) is 115 Å². The maximum absolute atomic E-state index is 7.33. The Kier molecular flexibility index (Phi) is 7.72. The van der Waals surface area contributed by atoms with E-state index in [4.69, 9.17) is 11.5 Å². The van der Waals surface area contributed by atoms with E-state index in [0.717, 1.165) is 74.0 Å². The molecule has 15 rings (SSSR count). The number of anilines is 2. The van der Waals surface area contributed by atoms with Crippen molar-refractivity contribution in [2.24, 2.45) is 35.5 Å². The zero-order valence-electron chi connectivity index (χ0n) is 34.8. The molecule has 2 nitrogen and oxygen atoms in total. The van der Waals surface area contributed by atoms with Gasteiger partial charge in [-0.05, 0) is 197 Å². The molecule has 8 bridgehead atoms. The number of hydrogen-bond acceptors (Lipinski definition) is 2. The molecule has 8 aliphatic rings. The minimum absolute atomic E-state index is 0.381. The molecular formula is C58H56N2. The van der Waals surface area contributed by atoms with Gasteiger partial charge >= 0.3 is 0 Å². The van der Waals surface area contributed by atoms with Crippen LogP contribution in [0.3, 0.4) is 0 Å². The average Bonchev–Trinajstić information content (AvgIpc) is 3.27. The van der Waals surface area contributed by atoms with Gasteiger partial charge in [-0.2, -0.15) is 0 Å². The lowest BCUT2D eigenvalue weighted by Gasteiger charge is -2.57. The molecule has 0 heterocycles. The SMILES string of the molecule is Nc1c2ccccc2c(N)c2c(-c3cc(-c4ccc(C56CC7CC(CC(C7)C5)C6)cc4)cc(-c4ccc(C56CC7CC(CC(C7)C5)C6)cc4)c3)c(-c3ccccc3)ccc12. The fourth-order valence-corrected chi connectivity index (χ4v) is 15.6. The Balaban J connectivity index is 0.993. The lowest BCUT2D eigenvalue weighted by atomic mass is 9.48. The van der Waals surface area contributed by atoms with Crippen LogP contribution >= 0.6 is 0 Å². The van der Waals surface area contributed by atoms with Crippen molar-refractivity contribution < 1.29 is 0 Å². The monoisotopic (exact) mass is 780 g/mol. The maximum Gasteiger partial charge on any atom is 0.0481 e. The Morgan fingerprint density at radius 1 is 0.350 bits per heavy atom. The number of nitrogen functional groups attached to an aromatic ring is 2. The lowest BCUT2D eigenvalue weighted by molar-refractivity contribution is -0.00530. The predicted octanol–water partition coefficient (Wildman–Crippen LogP) is 14.8. The molecule has 8 fully saturated rings. The first kappa shape index (κ1) is 35.4. The van der Waals surface area contributed by atoms with Gasteiger partial charge in [0.15, 0.2) is 0 Å². The quantitative estimate of drug-likeness (QED) is 0.100. The van der Waals surface area contributed by atoms with Crippen LogP contribution in [0, 0.1) is 35.5 Å². The molecule has 0 unspecified atom stereocenters. The zero-order valence-corrected chi connectivity index (χ0v) is 34.8. The van der Waals surface area contributed by atoms with E-state index in [9.17, 15) is 0 Å². The van der Waals surface area contributed by atoms with Crippen LogP contribution in [0.5, 0.6) is 0 Å². The van der Waals surface area contributed by atoms with E-state index in [1.807, 2.05) is 0 Å². The summed E-state index contributed by atoms with van der Waals surface area (Å²) in [4.78, 5) is 0. The molecule has 8 saturated carbocycles. The van der Waals surface area contributed by atoms with Gasteiger partial charge in [0.25, 0.3) is 0 Å². The summed E-state index contributed by atoms with van der Waals surface area (Å²) in [6.45, 7) is 0. The molecule has 0 aromatic heterocycles. The van der Waals surface area contributed by atoms with Crippen LogP contribution in [0.25, 0.3) is 66.1 Å². The van der Waals surface area contributed by atoms with E-state index in [1.165, 1.54) is 116 Å². The predicted molar refractivity (Wildman–Crippen MR) is 252 cm³/mol. The third-order valence-corrected chi connectivity index (χ3v) is 17.3. The fourth-order valence-electron chi connectivity index (χ4n) is 15.6. The number of rotatable bonds is 6. The molecule has 0 aliphatic heterocycles. The lowest BCUT2D eigenvalue weighted by Crippen LogP contribution is -2.48. The molecule has 4 N–H and O–H groups in total. The van der Waals surface area contributed by atoms with E-state index < -0.39 is 0 Å². The second-order valence-electron chi connectivity index (χ2n) is 21.0. The largest absolute Gasteiger partial charge is 0.398 e. The highest BCUT2D eigenvalue weighted by atomic mass is 14.6. The summed E-state index contributed by atoms with van der Waals surface area (Å²) in [6.07, 6.45) is 17.2. The molecule has 0 radical (unpaired) electrons. The van der Waals surface area contributed by atoms with Crippen molar-refractivity contribution in [1.82, 2.24) is 0 Å². The van der Waals surface area contributed by atoms with Crippen LogP contribution in [0.15, 0.2) is 133 Å². The Morgan fingerprint density at radius 2 is 0.767 bits per heavy atom. The van der Waals surface area contributed by atoms with Crippen molar-refractivity contribution in [2.75, 3.05) is 11.5 Å². The maximum atomic E-state index is 7.33. The average molecular weight is 781 g/mol. The number of fused-ring (bicyclic) bond motifs is 2. The van der Waals surface area contributed by atoms with Gasteiger partial charge in [-0.15, -0.1) is 0 Å². The van der Waals surface area contributed by atoms with Gasteiger partial charge in [-0.3, -0.25) is 0 Å². The summed E-state index contributed by atoms with van der Waals surface area (Å²) >= 11 is 0. The van der Waals surface area contributed by atoms with E-state index in [0.29, 0.717) is 10.8 Å². The van der Waals surface area contributed by atoms with Gasteiger partial charge in [0.1, 0.15) is 0 Å². The molecule has 298 valence electrons. The van der Waals surface area contributed by atoms with Crippen molar-refractivity contribution in [2.45, 2.75) is 87.9 Å². The molecule has 0 amide bonds. The van der Waals surface area contributed by atoms with Crippen LogP contribution in [0.2, 0.25) is 0 Å². The van der Waals surface area contributed by atoms with Gasteiger partial charge in [0, 0.05) is 32.9 Å². The standard InChI is InChI=1S/C58H56N2/c59-55-50-8-4-5-9-51(50)56(60)54-52(55)19-18-49(43-6-2-1-3-7-43)53(54)46-27-44(41-10-14-47(15-11-41)57-29-35-20-36(30-57)22-37(21-35)31-57)26-45(28-46)42-12-16-48(17-13-42)58-32-38-23-39(33-58)25-40(24-38)34-58/h1-19,26-28,35-40H,20-25,29-34,59-60H2. The highest BCUT2D eigenvalue weighted by Crippen LogP contribution is 2.62. The highest BCUT2D eigenvalue weighted by Gasteiger charge is 2.52. The second kappa shape index (κ2) is 13.1. The summed E-state index contributed by atoms with van der Waals surface area (Å²) in [5.74, 6) is 5.60. The number of hydrogen-bond donors (Lipinski definition) is 2. The first-order chi connectivity index (χ1) is 29.4. The summed E-state index contributed by atoms with van der Waals surface area (Å²) in [7, 11) is 0. The van der Waals surface area contributed by atoms with E-state index >= 15 is 0 Å². The van der Waals surface area contributed by atoms with Crippen molar-refractivity contribution in [3.8, 4) is 44.5 Å². The molecule has 7 aromatic carbocycles. The van der Waals surface area contributed by atoms with Crippen molar-refractivity contribution >= 4 is 32.9 Å². The molecular weight excluding hydrogens is 725 g/mol. The van der Waals surface area contributed by atoms with Crippen LogP contribution in [-0.4, -0.2) is 0 Å². The minimum Gasteiger partial charge on any atom is -0.398 e. The van der Waals surface area contributed by atoms with E-state index in [1.54, 1.807) is 11.1 Å². The Hall–Kier alpha value is -5.34. The van der Waals surface area contributed by atoms with Crippen LogP contribution < -0.4 is 11.5 Å². The third-order valence-electron chi connectivity index (χ3n) is 17.3. The van der Waals surface area contributed by atoms with Gasteiger partial charge < -0.3 is 11.5 Å². The van der Waals surface area contributed by atoms with Gasteiger partial charge in [0.05, 0.1) is 0 Å². The molecule has 60 heavy (non-hydrogen) atoms. The normalized spacial score (nSPS) is 29.8. The summed E-state index contributed by atoms with van der Waals surface area (Å²) in [5.41, 5.74) is 29.6. The Bertz CT molecular complexity index is 2650. The highest BCUT2D eigenvalue weighted by molar-refractivity contribution is 6.24. The second-order valence-corrected chi connectivity index (χ2v) is 21.0. The van der Waals surface area contributed by atoms with Crippen molar-refractivity contribution in [1.29, 1.82) is 0 Å². The van der Waals surface area contributed by atoms with Crippen LogP contribution in [-0.2, 0) is 10.8 Å². The molecule has 0 saturated heterocycles. The number of benzene rings is 7. The smallest absolute Gasteiger partial charge is 0.0481 e. The molecule has 8 aliphatic carbocycles. The first-order valence-corrected chi connectivity index (χ1v) is 23.3. The van der Waals surface area contributed by atoms with Crippen LogP contribution in [0.4, 0.5) is 11.4 Å². The third kappa shape index (κ3) is 5.44.